The second-order valence-corrected chi connectivity index (χ2v) is 8.27. The average molecular weight is 461 g/mol. The summed E-state index contributed by atoms with van der Waals surface area (Å²) < 4.78 is 21.5. The molecule has 2 aromatic heterocycles. The number of hydrogen-bond acceptors (Lipinski definition) is 5. The van der Waals surface area contributed by atoms with Crippen molar-refractivity contribution in [1.29, 1.82) is 0 Å². The molecular formula is C25H21FN4O2S. The molecule has 33 heavy (non-hydrogen) atoms. The minimum atomic E-state index is -0.357. The highest BCUT2D eigenvalue weighted by atomic mass is 32.1. The van der Waals surface area contributed by atoms with Gasteiger partial charge in [0.2, 0.25) is 4.96 Å². The lowest BCUT2D eigenvalue weighted by Crippen LogP contribution is -2.26. The number of ether oxygens (including phenoxy) is 1. The number of halogens is 1. The molecule has 2 heterocycles. The summed E-state index contributed by atoms with van der Waals surface area (Å²) in [7, 11) is 0. The number of fused-ring (bicyclic) bond motifs is 2. The molecule has 1 amide bonds. The molecule has 0 saturated carbocycles. The highest BCUT2D eigenvalue weighted by molar-refractivity contribution is 7.15. The molecule has 0 aliphatic heterocycles. The zero-order chi connectivity index (χ0) is 22.8. The van der Waals surface area contributed by atoms with Crippen LogP contribution in [0.4, 0.5) is 4.39 Å². The number of amides is 1. The number of carbonyl (C=O) groups is 1. The van der Waals surface area contributed by atoms with E-state index in [1.165, 1.54) is 17.4 Å². The standard InChI is InChI=1S/C25H21FN4O2S/c1-2-32-21-12-11-16-7-3-4-8-18(16)22(21)24(31)27-14-13-17-15-33-25-28-23(29-30(17)25)19-9-5-6-10-20(19)26/h3-12,15H,2,13-14H2,1H3,(H,27,31). The molecule has 0 saturated heterocycles. The van der Waals surface area contributed by atoms with Gasteiger partial charge in [0, 0.05) is 18.3 Å². The molecule has 0 spiro atoms. The van der Waals surface area contributed by atoms with Crippen molar-refractivity contribution >= 4 is 33.0 Å². The van der Waals surface area contributed by atoms with Crippen LogP contribution in [0.15, 0.2) is 66.0 Å². The fourth-order valence-corrected chi connectivity index (χ4v) is 4.66. The smallest absolute Gasteiger partial charge is 0.255 e. The van der Waals surface area contributed by atoms with Gasteiger partial charge in [0.15, 0.2) is 5.82 Å². The van der Waals surface area contributed by atoms with Crippen molar-refractivity contribution in [3.63, 3.8) is 0 Å². The van der Waals surface area contributed by atoms with Gasteiger partial charge in [-0.1, -0.05) is 42.5 Å². The quantitative estimate of drug-likeness (QED) is 0.366. The second kappa shape index (κ2) is 8.99. The van der Waals surface area contributed by atoms with Crippen LogP contribution in [0.25, 0.3) is 27.1 Å². The summed E-state index contributed by atoms with van der Waals surface area (Å²) in [5.41, 5.74) is 1.80. The van der Waals surface area contributed by atoms with Crippen LogP contribution in [0.5, 0.6) is 5.75 Å². The Kier molecular flexibility index (Phi) is 5.75. The van der Waals surface area contributed by atoms with E-state index in [0.717, 1.165) is 16.5 Å². The molecule has 0 aliphatic rings. The van der Waals surface area contributed by atoms with Crippen molar-refractivity contribution in [3.8, 4) is 17.1 Å². The molecule has 3 aromatic carbocycles. The van der Waals surface area contributed by atoms with E-state index >= 15 is 0 Å². The van der Waals surface area contributed by atoms with E-state index in [4.69, 9.17) is 4.74 Å². The first-order valence-electron chi connectivity index (χ1n) is 10.7. The van der Waals surface area contributed by atoms with Gasteiger partial charge in [-0.2, -0.15) is 4.98 Å². The minimum absolute atomic E-state index is 0.188. The molecule has 5 aromatic rings. The van der Waals surface area contributed by atoms with Gasteiger partial charge in [0.25, 0.3) is 5.91 Å². The lowest BCUT2D eigenvalue weighted by Gasteiger charge is -2.13. The van der Waals surface area contributed by atoms with E-state index in [1.807, 2.05) is 48.7 Å². The number of nitrogens with one attached hydrogen (secondary N) is 1. The molecule has 5 rings (SSSR count). The van der Waals surface area contributed by atoms with E-state index in [9.17, 15) is 9.18 Å². The van der Waals surface area contributed by atoms with E-state index in [-0.39, 0.29) is 11.7 Å². The van der Waals surface area contributed by atoms with Gasteiger partial charge in [-0.05, 0) is 35.9 Å². The Morgan fingerprint density at radius 1 is 1.12 bits per heavy atom. The van der Waals surface area contributed by atoms with E-state index in [1.54, 1.807) is 22.7 Å². The molecular weight excluding hydrogens is 439 g/mol. The highest BCUT2D eigenvalue weighted by Gasteiger charge is 2.18. The van der Waals surface area contributed by atoms with Gasteiger partial charge < -0.3 is 10.1 Å². The largest absolute Gasteiger partial charge is 0.493 e. The lowest BCUT2D eigenvalue weighted by atomic mass is 10.0. The Morgan fingerprint density at radius 2 is 1.94 bits per heavy atom. The maximum atomic E-state index is 14.1. The molecule has 0 bridgehead atoms. The summed E-state index contributed by atoms with van der Waals surface area (Å²) in [4.78, 5) is 18.2. The van der Waals surface area contributed by atoms with Crippen LogP contribution in [0.2, 0.25) is 0 Å². The Balaban J connectivity index is 1.35. The third-order valence-electron chi connectivity index (χ3n) is 5.35. The van der Waals surface area contributed by atoms with Crippen LogP contribution in [0.1, 0.15) is 23.0 Å². The first-order chi connectivity index (χ1) is 16.2. The number of hydrogen-bond donors (Lipinski definition) is 1. The first-order valence-corrected chi connectivity index (χ1v) is 11.5. The highest BCUT2D eigenvalue weighted by Crippen LogP contribution is 2.28. The minimum Gasteiger partial charge on any atom is -0.493 e. The molecule has 1 N–H and O–H groups in total. The summed E-state index contributed by atoms with van der Waals surface area (Å²) in [6, 6.07) is 18.0. The van der Waals surface area contributed by atoms with Crippen molar-refractivity contribution in [2.24, 2.45) is 0 Å². The van der Waals surface area contributed by atoms with Crippen molar-refractivity contribution in [2.75, 3.05) is 13.2 Å². The predicted octanol–water partition coefficient (Wildman–Crippen LogP) is 5.12. The van der Waals surface area contributed by atoms with Gasteiger partial charge in [0.1, 0.15) is 11.6 Å². The molecule has 8 heteroatoms. The van der Waals surface area contributed by atoms with Gasteiger partial charge in [0.05, 0.1) is 23.4 Å². The third kappa shape index (κ3) is 4.05. The fraction of sp³-hybridized carbons (Fsp3) is 0.160. The Bertz CT molecular complexity index is 1460. The number of benzene rings is 3. The van der Waals surface area contributed by atoms with E-state index in [2.05, 4.69) is 15.4 Å². The lowest BCUT2D eigenvalue weighted by molar-refractivity contribution is 0.0952. The Morgan fingerprint density at radius 3 is 2.79 bits per heavy atom. The van der Waals surface area contributed by atoms with Crippen LogP contribution >= 0.6 is 11.3 Å². The van der Waals surface area contributed by atoms with Crippen molar-refractivity contribution in [3.05, 3.63) is 83.1 Å². The van der Waals surface area contributed by atoms with Crippen LogP contribution < -0.4 is 10.1 Å². The number of thiazole rings is 1. The SMILES string of the molecule is CCOc1ccc2ccccc2c1C(=O)NCCc1csc2nc(-c3ccccc3F)nn12. The summed E-state index contributed by atoms with van der Waals surface area (Å²) >= 11 is 1.44. The average Bonchev–Trinajstić information content (AvgIpc) is 3.41. The molecule has 0 atom stereocenters. The zero-order valence-electron chi connectivity index (χ0n) is 17.9. The summed E-state index contributed by atoms with van der Waals surface area (Å²) in [5, 5.41) is 11.3. The van der Waals surface area contributed by atoms with Crippen molar-refractivity contribution in [1.82, 2.24) is 19.9 Å². The van der Waals surface area contributed by atoms with Gasteiger partial charge in [-0.25, -0.2) is 8.91 Å². The Hall–Kier alpha value is -3.78. The topological polar surface area (TPSA) is 68.5 Å². The molecule has 166 valence electrons. The number of aromatic nitrogens is 3. The maximum absolute atomic E-state index is 14.1. The summed E-state index contributed by atoms with van der Waals surface area (Å²) in [5.74, 6) is 0.372. The monoisotopic (exact) mass is 460 g/mol. The first kappa shape index (κ1) is 21.1. The summed E-state index contributed by atoms with van der Waals surface area (Å²) in [6.45, 7) is 2.78. The summed E-state index contributed by atoms with van der Waals surface area (Å²) in [6.07, 6.45) is 0.556. The Labute approximate surface area is 193 Å². The fourth-order valence-electron chi connectivity index (χ4n) is 3.81. The van der Waals surface area contributed by atoms with Crippen LogP contribution in [0, 0.1) is 5.82 Å². The van der Waals surface area contributed by atoms with E-state index in [0.29, 0.717) is 47.2 Å². The second-order valence-electron chi connectivity index (χ2n) is 7.44. The van der Waals surface area contributed by atoms with Gasteiger partial charge >= 0.3 is 0 Å². The van der Waals surface area contributed by atoms with Crippen molar-refractivity contribution < 1.29 is 13.9 Å². The van der Waals surface area contributed by atoms with Crippen LogP contribution in [-0.4, -0.2) is 33.7 Å². The molecule has 6 nitrogen and oxygen atoms in total. The maximum Gasteiger partial charge on any atom is 0.255 e. The molecule has 0 aliphatic carbocycles. The molecule has 0 fully saturated rings. The normalized spacial score (nSPS) is 11.2. The zero-order valence-corrected chi connectivity index (χ0v) is 18.7. The predicted molar refractivity (Wildman–Crippen MR) is 127 cm³/mol. The van der Waals surface area contributed by atoms with Gasteiger partial charge in [-0.3, -0.25) is 4.79 Å². The van der Waals surface area contributed by atoms with Crippen molar-refractivity contribution in [2.45, 2.75) is 13.3 Å². The number of rotatable bonds is 7. The van der Waals surface area contributed by atoms with Crippen LogP contribution in [0.3, 0.4) is 0 Å². The van der Waals surface area contributed by atoms with E-state index < -0.39 is 0 Å². The van der Waals surface area contributed by atoms with Gasteiger partial charge in [-0.15, -0.1) is 16.4 Å². The molecule has 0 radical (unpaired) electrons. The van der Waals surface area contributed by atoms with Crippen LogP contribution in [-0.2, 0) is 6.42 Å². The number of carbonyl (C=O) groups excluding carboxylic acids is 1. The third-order valence-corrected chi connectivity index (χ3v) is 6.21. The number of nitrogens with zero attached hydrogens (tertiary/aromatic N) is 3. The molecule has 0 unspecified atom stereocenters.